The van der Waals surface area contributed by atoms with Crippen molar-refractivity contribution in [3.05, 3.63) is 23.9 Å². The lowest BCUT2D eigenvalue weighted by Crippen LogP contribution is -2.36. The molecule has 1 rings (SSSR count). The summed E-state index contributed by atoms with van der Waals surface area (Å²) < 4.78 is 41.0. The van der Waals surface area contributed by atoms with Gasteiger partial charge in [-0.25, -0.2) is 9.98 Å². The van der Waals surface area contributed by atoms with E-state index < -0.39 is 12.8 Å². The lowest BCUT2D eigenvalue weighted by Gasteiger charge is -2.12. The van der Waals surface area contributed by atoms with Crippen LogP contribution in [0.4, 0.5) is 13.2 Å². The van der Waals surface area contributed by atoms with Crippen molar-refractivity contribution in [1.82, 2.24) is 10.3 Å². The number of ether oxygens (including phenoxy) is 1. The number of rotatable bonds is 5. The molecule has 0 aliphatic carbocycles. The lowest BCUT2D eigenvalue weighted by molar-refractivity contribution is -0.154. The summed E-state index contributed by atoms with van der Waals surface area (Å²) in [6.07, 6.45) is -3.05. The summed E-state index contributed by atoms with van der Waals surface area (Å²) in [5, 5.41) is 2.88. The minimum Gasteiger partial charge on any atom is -0.468 e. The van der Waals surface area contributed by atoms with Gasteiger partial charge in [0, 0.05) is 17.8 Å². The summed E-state index contributed by atoms with van der Waals surface area (Å²) in [6, 6.07) is 3.30. The SMILES string of the molecule is CC(C)NC(N)=NCc1cccnc1OCC(F)(F)F. The number of alkyl halides is 3. The number of aliphatic imine (C=N–C) groups is 1. The van der Waals surface area contributed by atoms with Gasteiger partial charge >= 0.3 is 6.18 Å². The molecule has 0 saturated carbocycles. The van der Waals surface area contributed by atoms with Crippen LogP contribution in [-0.2, 0) is 6.54 Å². The van der Waals surface area contributed by atoms with Crippen LogP contribution in [0.5, 0.6) is 5.88 Å². The number of hydrogen-bond donors (Lipinski definition) is 2. The fourth-order valence-electron chi connectivity index (χ4n) is 1.34. The maximum absolute atomic E-state index is 12.1. The molecule has 0 bridgehead atoms. The molecule has 1 aromatic heterocycles. The van der Waals surface area contributed by atoms with Gasteiger partial charge in [-0.3, -0.25) is 0 Å². The van der Waals surface area contributed by atoms with Crippen LogP contribution in [0.15, 0.2) is 23.3 Å². The van der Waals surface area contributed by atoms with E-state index >= 15 is 0 Å². The highest BCUT2D eigenvalue weighted by molar-refractivity contribution is 5.78. The Morgan fingerprint density at radius 1 is 1.50 bits per heavy atom. The smallest absolute Gasteiger partial charge is 0.422 e. The van der Waals surface area contributed by atoms with Crippen LogP contribution in [0.1, 0.15) is 19.4 Å². The van der Waals surface area contributed by atoms with Crippen molar-refractivity contribution >= 4 is 5.96 Å². The number of guanidine groups is 1. The van der Waals surface area contributed by atoms with Gasteiger partial charge in [0.15, 0.2) is 12.6 Å². The summed E-state index contributed by atoms with van der Waals surface area (Å²) in [5.41, 5.74) is 6.05. The van der Waals surface area contributed by atoms with Gasteiger partial charge in [0.25, 0.3) is 0 Å². The molecule has 3 N–H and O–H groups in total. The van der Waals surface area contributed by atoms with E-state index in [1.165, 1.54) is 6.20 Å². The molecule has 0 spiro atoms. The quantitative estimate of drug-likeness (QED) is 0.641. The number of nitrogens with zero attached hydrogens (tertiary/aromatic N) is 2. The zero-order valence-corrected chi connectivity index (χ0v) is 11.2. The Kier molecular flexibility index (Phi) is 5.60. The molecule has 112 valence electrons. The molecule has 0 amide bonds. The van der Waals surface area contributed by atoms with Crippen LogP contribution in [0.25, 0.3) is 0 Å². The molecule has 0 unspecified atom stereocenters. The fraction of sp³-hybridized carbons (Fsp3) is 0.500. The topological polar surface area (TPSA) is 72.5 Å². The molecule has 5 nitrogen and oxygen atoms in total. The number of halogens is 3. The molecule has 0 aromatic carbocycles. The summed E-state index contributed by atoms with van der Waals surface area (Å²) in [5.74, 6) is 0.122. The van der Waals surface area contributed by atoms with Gasteiger partial charge in [-0.1, -0.05) is 6.07 Å². The van der Waals surface area contributed by atoms with Crippen LogP contribution in [0.2, 0.25) is 0 Å². The second-order valence-corrected chi connectivity index (χ2v) is 4.37. The van der Waals surface area contributed by atoms with E-state index in [4.69, 9.17) is 5.73 Å². The first-order chi connectivity index (χ1) is 9.28. The number of nitrogens with one attached hydrogen (secondary N) is 1. The normalized spacial score (nSPS) is 12.6. The highest BCUT2D eigenvalue weighted by Gasteiger charge is 2.29. The summed E-state index contributed by atoms with van der Waals surface area (Å²) >= 11 is 0. The molecular weight excluding hydrogens is 273 g/mol. The molecule has 0 saturated heterocycles. The number of pyridine rings is 1. The molecule has 1 heterocycles. The summed E-state index contributed by atoms with van der Waals surface area (Å²) in [4.78, 5) is 7.79. The zero-order valence-electron chi connectivity index (χ0n) is 11.2. The lowest BCUT2D eigenvalue weighted by atomic mass is 10.3. The second-order valence-electron chi connectivity index (χ2n) is 4.37. The molecule has 8 heteroatoms. The van der Waals surface area contributed by atoms with Crippen molar-refractivity contribution in [3.63, 3.8) is 0 Å². The fourth-order valence-corrected chi connectivity index (χ4v) is 1.34. The molecule has 1 aromatic rings. The van der Waals surface area contributed by atoms with Crippen molar-refractivity contribution in [3.8, 4) is 5.88 Å². The molecule has 20 heavy (non-hydrogen) atoms. The first kappa shape index (κ1) is 16.1. The Labute approximate surface area is 115 Å². The maximum atomic E-state index is 12.1. The second kappa shape index (κ2) is 6.97. The Morgan fingerprint density at radius 2 is 2.20 bits per heavy atom. The molecule has 0 aliphatic rings. The van der Waals surface area contributed by atoms with Gasteiger partial charge in [0.1, 0.15) is 0 Å². The molecule has 0 fully saturated rings. The molecule has 0 aliphatic heterocycles. The van der Waals surface area contributed by atoms with E-state index in [1.54, 1.807) is 12.1 Å². The van der Waals surface area contributed by atoms with Crippen molar-refractivity contribution in [2.45, 2.75) is 32.6 Å². The largest absolute Gasteiger partial charge is 0.468 e. The van der Waals surface area contributed by atoms with Crippen molar-refractivity contribution in [2.75, 3.05) is 6.61 Å². The van der Waals surface area contributed by atoms with E-state index in [0.717, 1.165) is 0 Å². The van der Waals surface area contributed by atoms with E-state index in [2.05, 4.69) is 20.0 Å². The van der Waals surface area contributed by atoms with Gasteiger partial charge in [-0.2, -0.15) is 13.2 Å². The monoisotopic (exact) mass is 290 g/mol. The average Bonchev–Trinajstić information content (AvgIpc) is 2.33. The molecule has 0 atom stereocenters. The van der Waals surface area contributed by atoms with E-state index in [1.807, 2.05) is 13.8 Å². The number of hydrogen-bond acceptors (Lipinski definition) is 3. The van der Waals surface area contributed by atoms with Gasteiger partial charge in [0.2, 0.25) is 5.88 Å². The average molecular weight is 290 g/mol. The molecular formula is C12H17F3N4O. The van der Waals surface area contributed by atoms with Crippen molar-refractivity contribution < 1.29 is 17.9 Å². The third-order valence-corrected chi connectivity index (χ3v) is 2.08. The van der Waals surface area contributed by atoms with Crippen LogP contribution in [-0.4, -0.2) is 29.8 Å². The first-order valence-corrected chi connectivity index (χ1v) is 5.98. The third-order valence-electron chi connectivity index (χ3n) is 2.08. The van der Waals surface area contributed by atoms with Crippen molar-refractivity contribution in [2.24, 2.45) is 10.7 Å². The Balaban J connectivity index is 2.70. The molecule has 0 radical (unpaired) electrons. The van der Waals surface area contributed by atoms with Crippen LogP contribution < -0.4 is 15.8 Å². The van der Waals surface area contributed by atoms with Gasteiger partial charge < -0.3 is 15.8 Å². The summed E-state index contributed by atoms with van der Waals surface area (Å²) in [7, 11) is 0. The van der Waals surface area contributed by atoms with Gasteiger partial charge in [-0.05, 0) is 19.9 Å². The van der Waals surface area contributed by atoms with Crippen LogP contribution >= 0.6 is 0 Å². The first-order valence-electron chi connectivity index (χ1n) is 5.98. The minimum absolute atomic E-state index is 0.0899. The van der Waals surface area contributed by atoms with E-state index in [9.17, 15) is 13.2 Å². The van der Waals surface area contributed by atoms with Crippen molar-refractivity contribution in [1.29, 1.82) is 0 Å². The standard InChI is InChI=1S/C12H17F3N4O/c1-8(2)19-11(16)18-6-9-4-3-5-17-10(9)20-7-12(13,14)15/h3-5,8H,6-7H2,1-2H3,(H3,16,18,19). The van der Waals surface area contributed by atoms with Crippen LogP contribution in [0, 0.1) is 0 Å². The predicted octanol–water partition coefficient (Wildman–Crippen LogP) is 1.84. The highest BCUT2D eigenvalue weighted by atomic mass is 19.4. The predicted molar refractivity (Wildman–Crippen MR) is 69.4 cm³/mol. The Bertz CT molecular complexity index is 460. The number of aromatic nitrogens is 1. The van der Waals surface area contributed by atoms with Crippen LogP contribution in [0.3, 0.4) is 0 Å². The summed E-state index contributed by atoms with van der Waals surface area (Å²) in [6.45, 7) is 2.49. The number of nitrogens with two attached hydrogens (primary N) is 1. The van der Waals surface area contributed by atoms with E-state index in [-0.39, 0.29) is 24.4 Å². The highest BCUT2D eigenvalue weighted by Crippen LogP contribution is 2.20. The van der Waals surface area contributed by atoms with Gasteiger partial charge in [-0.15, -0.1) is 0 Å². The maximum Gasteiger partial charge on any atom is 0.422 e. The third kappa shape index (κ3) is 6.26. The minimum atomic E-state index is -4.41. The Morgan fingerprint density at radius 3 is 2.80 bits per heavy atom. The van der Waals surface area contributed by atoms with E-state index in [0.29, 0.717) is 5.56 Å². The Hall–Kier alpha value is -1.99. The van der Waals surface area contributed by atoms with Gasteiger partial charge in [0.05, 0.1) is 6.54 Å². The zero-order chi connectivity index (χ0) is 15.2.